The molecule has 0 fully saturated rings. The molecule has 6 heteroatoms. The van der Waals surface area contributed by atoms with E-state index in [4.69, 9.17) is 0 Å². The van der Waals surface area contributed by atoms with Crippen molar-refractivity contribution in [2.45, 2.75) is 13.0 Å². The lowest BCUT2D eigenvalue weighted by atomic mass is 10.1. The van der Waals surface area contributed by atoms with E-state index in [2.05, 4.69) is 32.3 Å². The molecule has 26 heavy (non-hydrogen) atoms. The number of hydrogen-bond donors (Lipinski definition) is 1. The minimum absolute atomic E-state index is 0.0443. The third kappa shape index (κ3) is 4.51. The predicted molar refractivity (Wildman–Crippen MR) is 111 cm³/mol. The summed E-state index contributed by atoms with van der Waals surface area (Å²) in [5, 5.41) is 5.93. The van der Waals surface area contributed by atoms with Gasteiger partial charge in [0.25, 0.3) is 0 Å². The summed E-state index contributed by atoms with van der Waals surface area (Å²) in [6, 6.07) is 15.8. The summed E-state index contributed by atoms with van der Waals surface area (Å²) in [5.41, 5.74) is 3.17. The highest BCUT2D eigenvalue weighted by Crippen LogP contribution is 2.24. The number of anilines is 1. The molecule has 0 radical (unpaired) electrons. The number of amides is 1. The van der Waals surface area contributed by atoms with Crippen LogP contribution >= 0.6 is 27.3 Å². The maximum absolute atomic E-state index is 12.7. The quantitative estimate of drug-likeness (QED) is 0.624. The lowest BCUT2D eigenvalue weighted by Crippen LogP contribution is -2.37. The van der Waals surface area contributed by atoms with E-state index in [9.17, 15) is 4.79 Å². The van der Waals surface area contributed by atoms with Crippen molar-refractivity contribution in [2.75, 3.05) is 18.5 Å². The van der Waals surface area contributed by atoms with E-state index < -0.39 is 0 Å². The molecule has 1 unspecified atom stereocenters. The van der Waals surface area contributed by atoms with Gasteiger partial charge >= 0.3 is 0 Å². The number of halogens is 1. The summed E-state index contributed by atoms with van der Waals surface area (Å²) < 4.78 is 1.06. The van der Waals surface area contributed by atoms with Crippen molar-refractivity contribution < 1.29 is 4.79 Å². The Morgan fingerprint density at radius 2 is 2.04 bits per heavy atom. The van der Waals surface area contributed by atoms with Gasteiger partial charge < -0.3 is 10.2 Å². The van der Waals surface area contributed by atoms with Crippen molar-refractivity contribution >= 4 is 38.9 Å². The van der Waals surface area contributed by atoms with Crippen LogP contribution in [0.5, 0.6) is 0 Å². The van der Waals surface area contributed by atoms with Crippen LogP contribution in [0.25, 0.3) is 0 Å². The fourth-order valence-electron chi connectivity index (χ4n) is 2.69. The average Bonchev–Trinajstić information content (AvgIpc) is 3.17. The maximum atomic E-state index is 12.7. The molecule has 1 heterocycles. The first-order chi connectivity index (χ1) is 12.5. The topological polar surface area (TPSA) is 45.2 Å². The number of aryl methyl sites for hydroxylation is 1. The minimum Gasteiger partial charge on any atom is -0.365 e. The summed E-state index contributed by atoms with van der Waals surface area (Å²) >= 11 is 5.05. The second kappa shape index (κ2) is 8.47. The van der Waals surface area contributed by atoms with Crippen LogP contribution < -0.4 is 10.2 Å². The van der Waals surface area contributed by atoms with Gasteiger partial charge in [0, 0.05) is 28.8 Å². The number of carbonyl (C=O) groups excluding carboxylic acids is 1. The van der Waals surface area contributed by atoms with Crippen LogP contribution in [0.15, 0.2) is 64.6 Å². The molecule has 0 saturated carbocycles. The maximum Gasteiger partial charge on any atom is 0.240 e. The van der Waals surface area contributed by atoms with Crippen molar-refractivity contribution in [3.05, 3.63) is 80.7 Å². The monoisotopic (exact) mass is 429 g/mol. The summed E-state index contributed by atoms with van der Waals surface area (Å²) in [4.78, 5) is 19.0. The molecule has 0 aliphatic heterocycles. The molecule has 2 aromatic carbocycles. The number of aromatic nitrogens is 1. The molecule has 3 aromatic rings. The van der Waals surface area contributed by atoms with Gasteiger partial charge in [-0.2, -0.15) is 0 Å². The molecule has 1 aromatic heterocycles. The molecule has 1 atom stereocenters. The van der Waals surface area contributed by atoms with Gasteiger partial charge in [-0.1, -0.05) is 46.3 Å². The van der Waals surface area contributed by atoms with E-state index in [1.807, 2.05) is 66.7 Å². The van der Waals surface area contributed by atoms with E-state index >= 15 is 0 Å². The third-order valence-electron chi connectivity index (χ3n) is 4.10. The van der Waals surface area contributed by atoms with Gasteiger partial charge in [0.2, 0.25) is 5.91 Å². The molecule has 1 N–H and O–H groups in total. The average molecular weight is 430 g/mol. The molecule has 0 aliphatic carbocycles. The number of thiazole rings is 1. The normalized spacial score (nSPS) is 11.8. The molecular weight excluding hydrogens is 410 g/mol. The Labute approximate surface area is 166 Å². The smallest absolute Gasteiger partial charge is 0.240 e. The molecule has 0 saturated heterocycles. The number of nitrogens with one attached hydrogen (secondary N) is 1. The SMILES string of the molecule is Cc1cc(N(C)CC(=O)NC(c2ccccc2)c2nccs2)ccc1Br. The summed E-state index contributed by atoms with van der Waals surface area (Å²) in [5.74, 6) is -0.0443. The van der Waals surface area contributed by atoms with Crippen molar-refractivity contribution in [3.8, 4) is 0 Å². The van der Waals surface area contributed by atoms with Crippen LogP contribution in [0.4, 0.5) is 5.69 Å². The minimum atomic E-state index is -0.233. The van der Waals surface area contributed by atoms with E-state index in [0.29, 0.717) is 0 Å². The summed E-state index contributed by atoms with van der Waals surface area (Å²) in [7, 11) is 1.92. The molecular formula is C20H20BrN3OS. The largest absolute Gasteiger partial charge is 0.365 e. The third-order valence-corrected chi connectivity index (χ3v) is 5.83. The van der Waals surface area contributed by atoms with E-state index in [1.54, 1.807) is 17.5 Å². The van der Waals surface area contributed by atoms with E-state index in [1.165, 1.54) is 0 Å². The summed E-state index contributed by atoms with van der Waals surface area (Å²) in [6.07, 6.45) is 1.76. The molecule has 0 aliphatic rings. The van der Waals surface area contributed by atoms with E-state index in [-0.39, 0.29) is 18.5 Å². The lowest BCUT2D eigenvalue weighted by Gasteiger charge is -2.22. The molecule has 3 rings (SSSR count). The van der Waals surface area contributed by atoms with Gasteiger partial charge in [-0.3, -0.25) is 4.79 Å². The Kier molecular flexibility index (Phi) is 6.06. The molecule has 4 nitrogen and oxygen atoms in total. The second-order valence-electron chi connectivity index (χ2n) is 6.07. The predicted octanol–water partition coefficient (Wildman–Crippen LogP) is 4.56. The fourth-order valence-corrected chi connectivity index (χ4v) is 3.65. The molecule has 0 spiro atoms. The van der Waals surface area contributed by atoms with Crippen molar-refractivity contribution in [2.24, 2.45) is 0 Å². The van der Waals surface area contributed by atoms with E-state index in [0.717, 1.165) is 26.3 Å². The first-order valence-corrected chi connectivity index (χ1v) is 9.93. The lowest BCUT2D eigenvalue weighted by molar-refractivity contribution is -0.120. The van der Waals surface area contributed by atoms with Gasteiger partial charge in [0.1, 0.15) is 11.0 Å². The standard InChI is InChI=1S/C20H20BrN3OS/c1-14-12-16(8-9-17(14)21)24(2)13-18(25)23-19(20-22-10-11-26-20)15-6-4-3-5-7-15/h3-12,19H,13H2,1-2H3,(H,23,25). The number of rotatable bonds is 6. The van der Waals surface area contributed by atoms with Gasteiger partial charge in [-0.05, 0) is 36.2 Å². The molecule has 1 amide bonds. The second-order valence-corrected chi connectivity index (χ2v) is 7.85. The zero-order valence-corrected chi connectivity index (χ0v) is 17.0. The van der Waals surface area contributed by atoms with Crippen molar-refractivity contribution in [3.63, 3.8) is 0 Å². The Morgan fingerprint density at radius 1 is 1.27 bits per heavy atom. The number of likely N-dealkylation sites (N-methyl/N-ethyl adjacent to an activating group) is 1. The highest BCUT2D eigenvalue weighted by atomic mass is 79.9. The summed E-state index contributed by atoms with van der Waals surface area (Å²) in [6.45, 7) is 2.31. The number of benzene rings is 2. The highest BCUT2D eigenvalue weighted by Gasteiger charge is 2.20. The number of carbonyl (C=O) groups is 1. The van der Waals surface area contributed by atoms with Crippen molar-refractivity contribution in [1.82, 2.24) is 10.3 Å². The molecule has 134 valence electrons. The van der Waals surface area contributed by atoms with Gasteiger partial charge in [-0.25, -0.2) is 4.98 Å². The van der Waals surface area contributed by atoms with Gasteiger partial charge in [0.15, 0.2) is 0 Å². The van der Waals surface area contributed by atoms with Crippen LogP contribution in [-0.4, -0.2) is 24.5 Å². The van der Waals surface area contributed by atoms with Crippen LogP contribution in [0.1, 0.15) is 22.2 Å². The first-order valence-electron chi connectivity index (χ1n) is 8.25. The van der Waals surface area contributed by atoms with Crippen LogP contribution in [0.3, 0.4) is 0 Å². The van der Waals surface area contributed by atoms with Crippen molar-refractivity contribution in [1.29, 1.82) is 0 Å². The number of hydrogen-bond acceptors (Lipinski definition) is 4. The molecule has 0 bridgehead atoms. The Bertz CT molecular complexity index is 868. The Balaban J connectivity index is 1.73. The fraction of sp³-hybridized carbons (Fsp3) is 0.200. The van der Waals surface area contributed by atoms with Crippen LogP contribution in [-0.2, 0) is 4.79 Å². The van der Waals surface area contributed by atoms with Gasteiger partial charge in [-0.15, -0.1) is 11.3 Å². The highest BCUT2D eigenvalue weighted by molar-refractivity contribution is 9.10. The Hall–Kier alpha value is -2.18. The first kappa shape index (κ1) is 18.6. The van der Waals surface area contributed by atoms with Gasteiger partial charge in [0.05, 0.1) is 6.54 Å². The van der Waals surface area contributed by atoms with Crippen LogP contribution in [0.2, 0.25) is 0 Å². The Morgan fingerprint density at radius 3 is 2.69 bits per heavy atom. The zero-order chi connectivity index (χ0) is 18.5. The van der Waals surface area contributed by atoms with Crippen LogP contribution in [0, 0.1) is 6.92 Å². The number of nitrogens with zero attached hydrogens (tertiary/aromatic N) is 2. The zero-order valence-electron chi connectivity index (χ0n) is 14.6.